The van der Waals surface area contributed by atoms with Gasteiger partial charge in [0.1, 0.15) is 11.8 Å². The second-order valence-corrected chi connectivity index (χ2v) is 6.06. The highest BCUT2D eigenvalue weighted by Crippen LogP contribution is 2.28. The first-order chi connectivity index (χ1) is 9.25. The highest BCUT2D eigenvalue weighted by Gasteiger charge is 2.45. The summed E-state index contributed by atoms with van der Waals surface area (Å²) in [5.41, 5.74) is 1.80. The van der Waals surface area contributed by atoms with Crippen LogP contribution in [0.5, 0.6) is 5.75 Å². The number of hydrogen-bond acceptors (Lipinski definition) is 5. The summed E-state index contributed by atoms with van der Waals surface area (Å²) in [5.74, 6) is 0.448. The van der Waals surface area contributed by atoms with Gasteiger partial charge in [0.15, 0.2) is 5.04 Å². The maximum Gasteiger partial charge on any atom is 0.410 e. The number of hydrogen-bond donors (Lipinski definition) is 1. The van der Waals surface area contributed by atoms with E-state index in [1.165, 1.54) is 31.4 Å². The van der Waals surface area contributed by atoms with Crippen molar-refractivity contribution in [2.45, 2.75) is 23.5 Å². The lowest BCUT2D eigenvalue weighted by atomic mass is 10.2. The van der Waals surface area contributed by atoms with Crippen LogP contribution in [-0.2, 0) is 9.84 Å². The van der Waals surface area contributed by atoms with E-state index in [0.717, 1.165) is 0 Å². The third-order valence-corrected chi connectivity index (χ3v) is 4.57. The van der Waals surface area contributed by atoms with Crippen molar-refractivity contribution < 1.29 is 26.3 Å². The third kappa shape index (κ3) is 2.72. The van der Waals surface area contributed by atoms with Gasteiger partial charge in [0.2, 0.25) is 9.84 Å². The largest absolute Gasteiger partial charge is 0.497 e. The highest BCUT2D eigenvalue weighted by atomic mass is 32.2. The number of hydrazone groups is 1. The molecule has 0 bridgehead atoms. The number of alkyl halides is 3. The molecule has 5 nitrogen and oxygen atoms in total. The van der Waals surface area contributed by atoms with Crippen LogP contribution in [-0.4, -0.2) is 32.8 Å². The van der Waals surface area contributed by atoms with Crippen LogP contribution in [0.4, 0.5) is 13.2 Å². The van der Waals surface area contributed by atoms with Gasteiger partial charge >= 0.3 is 6.18 Å². The Hall–Kier alpha value is -1.77. The highest BCUT2D eigenvalue weighted by molar-refractivity contribution is 8.06. The SMILES string of the molecule is COc1ccc(S(=O)(=O)C2=NNC(C(F)(F)F)C2)cc1. The standard InChI is InChI=1S/C11H11F3N2O3S/c1-19-7-2-4-8(5-3-7)20(17,18)10-6-9(15-16-10)11(12,13)14/h2-5,9,15H,6H2,1H3. The van der Waals surface area contributed by atoms with Gasteiger partial charge in [0.25, 0.3) is 0 Å². The molecule has 110 valence electrons. The normalized spacial score (nSPS) is 19.4. The monoisotopic (exact) mass is 308 g/mol. The number of sulfone groups is 1. The predicted molar refractivity (Wildman–Crippen MR) is 65.2 cm³/mol. The molecule has 1 N–H and O–H groups in total. The number of rotatable bonds is 2. The van der Waals surface area contributed by atoms with E-state index in [-0.39, 0.29) is 4.90 Å². The summed E-state index contributed by atoms with van der Waals surface area (Å²) < 4.78 is 66.6. The van der Waals surface area contributed by atoms with Crippen molar-refractivity contribution in [2.24, 2.45) is 5.10 Å². The summed E-state index contributed by atoms with van der Waals surface area (Å²) in [7, 11) is -2.61. The minimum Gasteiger partial charge on any atom is -0.497 e. The molecule has 1 aliphatic heterocycles. The van der Waals surface area contributed by atoms with Crippen LogP contribution < -0.4 is 10.2 Å². The van der Waals surface area contributed by atoms with E-state index in [1.54, 1.807) is 5.43 Å². The fraction of sp³-hybridized carbons (Fsp3) is 0.364. The van der Waals surface area contributed by atoms with Crippen LogP contribution in [0, 0.1) is 0 Å². The van der Waals surface area contributed by atoms with Gasteiger partial charge in [-0.1, -0.05) is 0 Å². The molecule has 1 unspecified atom stereocenters. The molecule has 0 radical (unpaired) electrons. The molecule has 0 aliphatic carbocycles. The van der Waals surface area contributed by atoms with Gasteiger partial charge in [-0.25, -0.2) is 8.42 Å². The minimum atomic E-state index is -4.54. The minimum absolute atomic E-state index is 0.123. The van der Waals surface area contributed by atoms with Crippen LogP contribution in [0.3, 0.4) is 0 Å². The molecule has 0 saturated heterocycles. The van der Waals surface area contributed by atoms with Crippen LogP contribution in [0.15, 0.2) is 34.3 Å². The summed E-state index contributed by atoms with van der Waals surface area (Å²) in [4.78, 5) is -0.123. The number of nitrogens with one attached hydrogen (secondary N) is 1. The Kier molecular flexibility index (Phi) is 3.63. The summed E-state index contributed by atoms with van der Waals surface area (Å²) in [6.07, 6.45) is -5.25. The van der Waals surface area contributed by atoms with Crippen LogP contribution in [0.1, 0.15) is 6.42 Å². The average molecular weight is 308 g/mol. The van der Waals surface area contributed by atoms with Gasteiger partial charge in [0, 0.05) is 6.42 Å². The number of halogens is 3. The van der Waals surface area contributed by atoms with Crippen molar-refractivity contribution in [3.05, 3.63) is 24.3 Å². The van der Waals surface area contributed by atoms with Crippen LogP contribution in [0.25, 0.3) is 0 Å². The van der Waals surface area contributed by atoms with Crippen molar-refractivity contribution in [2.75, 3.05) is 7.11 Å². The first-order valence-electron chi connectivity index (χ1n) is 5.53. The van der Waals surface area contributed by atoms with Gasteiger partial charge in [0.05, 0.1) is 12.0 Å². The molecule has 0 saturated carbocycles. The molecular formula is C11H11F3N2O3S. The molecule has 1 aliphatic rings. The zero-order chi connectivity index (χ0) is 15.0. The van der Waals surface area contributed by atoms with Crippen molar-refractivity contribution in [3.8, 4) is 5.75 Å². The average Bonchev–Trinajstić information content (AvgIpc) is 2.89. The van der Waals surface area contributed by atoms with Crippen molar-refractivity contribution >= 4 is 14.9 Å². The maximum absolute atomic E-state index is 12.5. The Balaban J connectivity index is 2.23. The molecule has 1 heterocycles. The molecule has 0 aromatic heterocycles. The van der Waals surface area contributed by atoms with Gasteiger partial charge < -0.3 is 4.74 Å². The molecule has 0 fully saturated rings. The fourth-order valence-electron chi connectivity index (χ4n) is 1.67. The second-order valence-electron chi connectivity index (χ2n) is 4.11. The Morgan fingerprint density at radius 2 is 1.90 bits per heavy atom. The summed E-state index contributed by atoms with van der Waals surface area (Å²) in [6.45, 7) is 0. The number of ether oxygens (including phenoxy) is 1. The Labute approximate surface area is 113 Å². The molecular weight excluding hydrogens is 297 g/mol. The topological polar surface area (TPSA) is 67.8 Å². The summed E-state index contributed by atoms with van der Waals surface area (Å²) >= 11 is 0. The predicted octanol–water partition coefficient (Wildman–Crippen LogP) is 1.71. The van der Waals surface area contributed by atoms with Gasteiger partial charge in [-0.05, 0) is 24.3 Å². The zero-order valence-corrected chi connectivity index (χ0v) is 11.1. The Bertz CT molecular complexity index is 623. The van der Waals surface area contributed by atoms with E-state index in [2.05, 4.69) is 5.10 Å². The van der Waals surface area contributed by atoms with Crippen molar-refractivity contribution in [3.63, 3.8) is 0 Å². The first-order valence-corrected chi connectivity index (χ1v) is 7.01. The van der Waals surface area contributed by atoms with E-state index in [0.29, 0.717) is 5.75 Å². The second kappa shape index (κ2) is 4.97. The summed E-state index contributed by atoms with van der Waals surface area (Å²) in [5, 5.41) is 2.78. The molecule has 1 aromatic rings. The van der Waals surface area contributed by atoms with E-state index in [4.69, 9.17) is 4.74 Å². The first kappa shape index (κ1) is 14.6. The van der Waals surface area contributed by atoms with E-state index in [9.17, 15) is 21.6 Å². The quantitative estimate of drug-likeness (QED) is 0.903. The van der Waals surface area contributed by atoms with Gasteiger partial charge in [-0.3, -0.25) is 5.43 Å². The molecule has 20 heavy (non-hydrogen) atoms. The number of benzene rings is 1. The van der Waals surface area contributed by atoms with Crippen LogP contribution >= 0.6 is 0 Å². The lowest BCUT2D eigenvalue weighted by molar-refractivity contribution is -0.151. The smallest absolute Gasteiger partial charge is 0.410 e. The lowest BCUT2D eigenvalue weighted by Gasteiger charge is -2.13. The van der Waals surface area contributed by atoms with E-state index >= 15 is 0 Å². The van der Waals surface area contributed by atoms with Crippen LogP contribution in [0.2, 0.25) is 0 Å². The summed E-state index contributed by atoms with van der Waals surface area (Å²) in [6, 6.07) is 3.38. The third-order valence-electron chi connectivity index (χ3n) is 2.80. The number of methoxy groups -OCH3 is 1. The van der Waals surface area contributed by atoms with Gasteiger partial charge in [-0.2, -0.15) is 18.3 Å². The molecule has 2 rings (SSSR count). The fourth-order valence-corrected chi connectivity index (χ4v) is 2.99. The van der Waals surface area contributed by atoms with Crippen molar-refractivity contribution in [1.29, 1.82) is 0 Å². The molecule has 9 heteroatoms. The zero-order valence-electron chi connectivity index (χ0n) is 10.3. The number of nitrogens with zero attached hydrogens (tertiary/aromatic N) is 1. The Morgan fingerprint density at radius 3 is 2.35 bits per heavy atom. The molecule has 0 amide bonds. The van der Waals surface area contributed by atoms with Crippen molar-refractivity contribution in [1.82, 2.24) is 5.43 Å². The molecule has 0 spiro atoms. The van der Waals surface area contributed by atoms with E-state index < -0.39 is 33.5 Å². The van der Waals surface area contributed by atoms with Gasteiger partial charge in [-0.15, -0.1) is 0 Å². The van der Waals surface area contributed by atoms with E-state index in [1.807, 2.05) is 0 Å². The molecule has 1 aromatic carbocycles. The Morgan fingerprint density at radius 1 is 1.30 bits per heavy atom. The lowest BCUT2D eigenvalue weighted by Crippen LogP contribution is -2.36. The maximum atomic E-state index is 12.5. The molecule has 1 atom stereocenters.